The lowest BCUT2D eigenvalue weighted by Crippen LogP contribution is -2.31. The Kier molecular flexibility index (Phi) is 5.68. The number of amides is 1. The van der Waals surface area contributed by atoms with Gasteiger partial charge in [-0.15, -0.1) is 0 Å². The van der Waals surface area contributed by atoms with Crippen molar-refractivity contribution in [2.75, 3.05) is 6.54 Å². The monoisotopic (exact) mass is 330 g/mol. The smallest absolute Gasteiger partial charge is 0.273 e. The molecule has 0 radical (unpaired) electrons. The average Bonchev–Trinajstić information content (AvgIpc) is 2.83. The zero-order valence-electron chi connectivity index (χ0n) is 14.2. The fourth-order valence-corrected chi connectivity index (χ4v) is 2.58. The minimum Gasteiger partial charge on any atom is -0.355 e. The maximum atomic E-state index is 12.1. The molecule has 2 rings (SSSR count). The van der Waals surface area contributed by atoms with Crippen molar-refractivity contribution in [1.29, 1.82) is 0 Å². The molecule has 0 saturated heterocycles. The Hall–Kier alpha value is -2.70. The molecule has 1 aromatic carbocycles. The number of rotatable bonds is 7. The Morgan fingerprint density at radius 1 is 1.38 bits per heavy atom. The molecule has 0 aliphatic rings. The third-order valence-electron chi connectivity index (χ3n) is 3.77. The number of aromatic nitrogens is 2. The van der Waals surface area contributed by atoms with Gasteiger partial charge in [0.1, 0.15) is 0 Å². The zero-order chi connectivity index (χ0) is 17.7. The van der Waals surface area contributed by atoms with Crippen LogP contribution in [0.5, 0.6) is 0 Å². The molecule has 1 aromatic heterocycles. The topological polar surface area (TPSA) is 90.1 Å². The Morgan fingerprint density at radius 2 is 2.08 bits per heavy atom. The predicted octanol–water partition coefficient (Wildman–Crippen LogP) is 2.40. The fraction of sp³-hybridized carbons (Fsp3) is 0.412. The summed E-state index contributed by atoms with van der Waals surface area (Å²) in [5.74, 6) is -0.0118. The van der Waals surface area contributed by atoms with E-state index in [1.807, 2.05) is 31.5 Å². The summed E-state index contributed by atoms with van der Waals surface area (Å²) < 4.78 is 1.92. The lowest BCUT2D eigenvalue weighted by atomic mass is 10.1. The molecule has 1 atom stereocenters. The molecule has 128 valence electrons. The van der Waals surface area contributed by atoms with Crippen LogP contribution in [0.15, 0.2) is 30.3 Å². The summed E-state index contributed by atoms with van der Waals surface area (Å²) in [6.07, 6.45) is 0.00375. The Morgan fingerprint density at radius 3 is 2.71 bits per heavy atom. The molecule has 1 amide bonds. The Bertz CT molecular complexity index is 739. The summed E-state index contributed by atoms with van der Waals surface area (Å²) >= 11 is 0. The molecule has 0 spiro atoms. The summed E-state index contributed by atoms with van der Waals surface area (Å²) in [7, 11) is 0. The van der Waals surface area contributed by atoms with Gasteiger partial charge in [-0.05, 0) is 25.8 Å². The number of carbonyl (C=O) groups excluding carboxylic acids is 1. The second-order valence-electron chi connectivity index (χ2n) is 6.08. The first-order chi connectivity index (χ1) is 11.4. The Labute approximate surface area is 140 Å². The van der Waals surface area contributed by atoms with E-state index in [4.69, 9.17) is 0 Å². The summed E-state index contributed by atoms with van der Waals surface area (Å²) in [5, 5.41) is 18.2. The van der Waals surface area contributed by atoms with Crippen LogP contribution in [0, 0.1) is 29.9 Å². The highest BCUT2D eigenvalue weighted by Crippen LogP contribution is 2.18. The van der Waals surface area contributed by atoms with Gasteiger partial charge in [-0.3, -0.25) is 19.6 Å². The molecule has 24 heavy (non-hydrogen) atoms. The van der Waals surface area contributed by atoms with E-state index in [-0.39, 0.29) is 23.9 Å². The summed E-state index contributed by atoms with van der Waals surface area (Å²) in [6, 6.07) is 8.32. The van der Waals surface area contributed by atoms with Crippen LogP contribution in [-0.2, 0) is 17.8 Å². The number of nitro groups is 1. The van der Waals surface area contributed by atoms with E-state index in [9.17, 15) is 14.9 Å². The molecule has 2 aromatic rings. The molecule has 0 aliphatic heterocycles. The van der Waals surface area contributed by atoms with E-state index in [2.05, 4.69) is 10.4 Å². The van der Waals surface area contributed by atoms with Gasteiger partial charge in [0.25, 0.3) is 5.69 Å². The molecule has 7 heteroatoms. The van der Waals surface area contributed by atoms with Crippen LogP contribution < -0.4 is 5.32 Å². The van der Waals surface area contributed by atoms with Gasteiger partial charge in [-0.2, -0.15) is 5.10 Å². The molecule has 1 N–H and O–H groups in total. The number of hydrogen-bond acceptors (Lipinski definition) is 4. The molecule has 0 bridgehead atoms. The first kappa shape index (κ1) is 17.7. The molecule has 0 aliphatic carbocycles. The number of hydrogen-bond donors (Lipinski definition) is 1. The summed E-state index contributed by atoms with van der Waals surface area (Å²) in [5.41, 5.74) is 2.46. The molecule has 7 nitrogen and oxygen atoms in total. The van der Waals surface area contributed by atoms with Gasteiger partial charge in [0, 0.05) is 30.4 Å². The highest BCUT2D eigenvalue weighted by Gasteiger charge is 2.16. The van der Waals surface area contributed by atoms with E-state index < -0.39 is 4.92 Å². The van der Waals surface area contributed by atoms with E-state index >= 15 is 0 Å². The highest BCUT2D eigenvalue weighted by molar-refractivity contribution is 5.79. The molecular formula is C17H22N4O3. The van der Waals surface area contributed by atoms with Crippen molar-refractivity contribution in [1.82, 2.24) is 15.1 Å². The lowest BCUT2D eigenvalue weighted by Gasteiger charge is -2.14. The second kappa shape index (κ2) is 7.72. The van der Waals surface area contributed by atoms with Crippen LogP contribution in [0.3, 0.4) is 0 Å². The van der Waals surface area contributed by atoms with Crippen LogP contribution in [0.25, 0.3) is 0 Å². The van der Waals surface area contributed by atoms with Crippen LogP contribution in [0.4, 0.5) is 5.69 Å². The normalized spacial score (nSPS) is 12.0. The van der Waals surface area contributed by atoms with Gasteiger partial charge < -0.3 is 5.32 Å². The third-order valence-corrected chi connectivity index (χ3v) is 3.77. The minimum absolute atomic E-state index is 0.00375. The summed E-state index contributed by atoms with van der Waals surface area (Å²) in [6.45, 7) is 7.19. The van der Waals surface area contributed by atoms with Gasteiger partial charge in [0.15, 0.2) is 0 Å². The first-order valence-corrected chi connectivity index (χ1v) is 7.87. The van der Waals surface area contributed by atoms with Gasteiger partial charge in [-0.1, -0.05) is 25.1 Å². The third kappa shape index (κ3) is 4.65. The van der Waals surface area contributed by atoms with Crippen molar-refractivity contribution < 1.29 is 9.72 Å². The molecule has 0 saturated carbocycles. The minimum atomic E-state index is -0.464. The van der Waals surface area contributed by atoms with E-state index in [1.54, 1.807) is 18.2 Å². The second-order valence-corrected chi connectivity index (χ2v) is 6.08. The highest BCUT2D eigenvalue weighted by atomic mass is 16.6. The SMILES string of the molecule is Cc1cc(C)n(CC(C)CNC(=O)Cc2ccccc2[N+](=O)[O-])n1. The van der Waals surface area contributed by atoms with E-state index in [1.165, 1.54) is 6.07 Å². The number of nitrogens with zero attached hydrogens (tertiary/aromatic N) is 3. The molecule has 1 unspecified atom stereocenters. The van der Waals surface area contributed by atoms with Crippen LogP contribution in [-0.4, -0.2) is 27.2 Å². The van der Waals surface area contributed by atoms with Gasteiger partial charge >= 0.3 is 0 Å². The predicted molar refractivity (Wildman–Crippen MR) is 90.7 cm³/mol. The van der Waals surface area contributed by atoms with Crippen LogP contribution in [0.1, 0.15) is 23.9 Å². The standard InChI is InChI=1S/C17H22N4O3/c1-12(11-20-14(3)8-13(2)19-20)10-18-17(22)9-15-6-4-5-7-16(15)21(23)24/h4-8,12H,9-11H2,1-3H3,(H,18,22). The van der Waals surface area contributed by atoms with Gasteiger partial charge in [0.2, 0.25) is 5.91 Å². The molecule has 0 fully saturated rings. The number of para-hydroxylation sites is 1. The maximum Gasteiger partial charge on any atom is 0.273 e. The lowest BCUT2D eigenvalue weighted by molar-refractivity contribution is -0.385. The number of nitrogens with one attached hydrogen (secondary N) is 1. The number of carbonyl (C=O) groups is 1. The van der Waals surface area contributed by atoms with Crippen molar-refractivity contribution in [2.45, 2.75) is 33.7 Å². The van der Waals surface area contributed by atoms with Crippen molar-refractivity contribution in [2.24, 2.45) is 5.92 Å². The van der Waals surface area contributed by atoms with E-state index in [0.717, 1.165) is 11.4 Å². The zero-order valence-corrected chi connectivity index (χ0v) is 14.2. The first-order valence-electron chi connectivity index (χ1n) is 7.87. The number of benzene rings is 1. The van der Waals surface area contributed by atoms with Crippen LogP contribution in [0.2, 0.25) is 0 Å². The van der Waals surface area contributed by atoms with Crippen molar-refractivity contribution in [3.8, 4) is 0 Å². The quantitative estimate of drug-likeness (QED) is 0.623. The van der Waals surface area contributed by atoms with Crippen molar-refractivity contribution in [3.63, 3.8) is 0 Å². The molecule has 1 heterocycles. The number of aryl methyl sites for hydroxylation is 2. The molecular weight excluding hydrogens is 308 g/mol. The maximum absolute atomic E-state index is 12.1. The Balaban J connectivity index is 1.87. The fourth-order valence-electron chi connectivity index (χ4n) is 2.58. The van der Waals surface area contributed by atoms with Gasteiger partial charge in [-0.25, -0.2) is 0 Å². The van der Waals surface area contributed by atoms with Crippen LogP contribution >= 0.6 is 0 Å². The van der Waals surface area contributed by atoms with E-state index in [0.29, 0.717) is 18.7 Å². The largest absolute Gasteiger partial charge is 0.355 e. The summed E-state index contributed by atoms with van der Waals surface area (Å²) in [4.78, 5) is 22.6. The van der Waals surface area contributed by atoms with Crippen molar-refractivity contribution >= 4 is 11.6 Å². The average molecular weight is 330 g/mol. The van der Waals surface area contributed by atoms with Crippen molar-refractivity contribution in [3.05, 3.63) is 57.4 Å². The number of nitro benzene ring substituents is 1. The van der Waals surface area contributed by atoms with Gasteiger partial charge in [0.05, 0.1) is 17.0 Å².